The van der Waals surface area contributed by atoms with Gasteiger partial charge in [0.05, 0.1) is 12.2 Å². The Labute approximate surface area is 173 Å². The molecule has 2 heterocycles. The molecule has 2 aromatic carbocycles. The maximum atomic E-state index is 13.2. The van der Waals surface area contributed by atoms with Gasteiger partial charge >= 0.3 is 6.03 Å². The van der Waals surface area contributed by atoms with Crippen molar-refractivity contribution in [3.63, 3.8) is 0 Å². The number of oxazole rings is 1. The summed E-state index contributed by atoms with van der Waals surface area (Å²) in [4.78, 5) is 31.5. The van der Waals surface area contributed by atoms with E-state index in [1.54, 1.807) is 24.3 Å². The minimum absolute atomic E-state index is 0.0371. The summed E-state index contributed by atoms with van der Waals surface area (Å²) in [6.07, 6.45) is 1.90. The van der Waals surface area contributed by atoms with Crippen LogP contribution in [-0.2, 0) is 16.9 Å². The predicted octanol–water partition coefficient (Wildman–Crippen LogP) is 4.66. The Kier molecular flexibility index (Phi) is 4.88. The highest BCUT2D eigenvalue weighted by atomic mass is 35.5. The van der Waals surface area contributed by atoms with E-state index in [-0.39, 0.29) is 12.5 Å². The van der Waals surface area contributed by atoms with E-state index >= 15 is 0 Å². The van der Waals surface area contributed by atoms with Crippen LogP contribution in [0.15, 0.2) is 59.2 Å². The number of halogens is 1. The van der Waals surface area contributed by atoms with Crippen LogP contribution in [0.25, 0.3) is 11.5 Å². The van der Waals surface area contributed by atoms with Gasteiger partial charge in [-0.2, -0.15) is 0 Å². The summed E-state index contributed by atoms with van der Waals surface area (Å²) in [5.74, 6) is 0.138. The highest BCUT2D eigenvalue weighted by molar-refractivity contribution is 6.30. The van der Waals surface area contributed by atoms with Crippen LogP contribution in [0.2, 0.25) is 5.02 Å². The second kappa shape index (κ2) is 7.37. The number of carbonyl (C=O) groups is 2. The van der Waals surface area contributed by atoms with E-state index in [1.807, 2.05) is 38.1 Å². The molecule has 1 aliphatic heterocycles. The molecule has 1 atom stereocenters. The van der Waals surface area contributed by atoms with E-state index in [2.05, 4.69) is 10.3 Å². The molecule has 0 saturated carbocycles. The van der Waals surface area contributed by atoms with E-state index in [1.165, 1.54) is 11.2 Å². The third-order valence-electron chi connectivity index (χ3n) is 5.21. The standard InChI is InChI=1S/C22H20ClN3O3/c1-3-22(16-8-10-17(23)11-9-16)20(27)26(21(28)25-22)12-18-13-29-19(24-18)15-6-4-14(2)5-7-15/h4-11,13H,3,12H2,1-2H3,(H,25,28). The molecule has 3 amide bonds. The molecule has 1 N–H and O–H groups in total. The molecule has 29 heavy (non-hydrogen) atoms. The van der Waals surface area contributed by atoms with Crippen LogP contribution in [0.1, 0.15) is 30.2 Å². The van der Waals surface area contributed by atoms with Crippen LogP contribution in [0.4, 0.5) is 4.79 Å². The number of aromatic nitrogens is 1. The zero-order valence-corrected chi connectivity index (χ0v) is 16.9. The lowest BCUT2D eigenvalue weighted by Crippen LogP contribution is -2.43. The topological polar surface area (TPSA) is 75.4 Å². The molecule has 7 heteroatoms. The average molecular weight is 410 g/mol. The first kappa shape index (κ1) is 19.2. The molecule has 1 saturated heterocycles. The van der Waals surface area contributed by atoms with Gasteiger partial charge in [0, 0.05) is 10.6 Å². The molecule has 0 bridgehead atoms. The third-order valence-corrected chi connectivity index (χ3v) is 5.47. The lowest BCUT2D eigenvalue weighted by atomic mass is 9.87. The number of aryl methyl sites for hydroxylation is 1. The normalized spacial score (nSPS) is 18.9. The quantitative estimate of drug-likeness (QED) is 0.622. The van der Waals surface area contributed by atoms with Crippen LogP contribution in [-0.4, -0.2) is 21.8 Å². The highest BCUT2D eigenvalue weighted by Crippen LogP contribution is 2.34. The van der Waals surface area contributed by atoms with Crippen molar-refractivity contribution < 1.29 is 14.0 Å². The van der Waals surface area contributed by atoms with Gasteiger partial charge in [0.15, 0.2) is 0 Å². The summed E-state index contributed by atoms with van der Waals surface area (Å²) in [5.41, 5.74) is 2.07. The summed E-state index contributed by atoms with van der Waals surface area (Å²) in [5, 5.41) is 3.42. The zero-order valence-electron chi connectivity index (χ0n) is 16.1. The van der Waals surface area contributed by atoms with E-state index in [0.29, 0.717) is 28.6 Å². The van der Waals surface area contributed by atoms with Gasteiger partial charge in [-0.25, -0.2) is 9.78 Å². The molecule has 1 unspecified atom stereocenters. The van der Waals surface area contributed by atoms with E-state index in [0.717, 1.165) is 11.1 Å². The van der Waals surface area contributed by atoms with Gasteiger partial charge in [0.1, 0.15) is 11.8 Å². The summed E-state index contributed by atoms with van der Waals surface area (Å²) in [6, 6.07) is 14.3. The number of carbonyl (C=O) groups excluding carboxylic acids is 2. The molecule has 0 radical (unpaired) electrons. The summed E-state index contributed by atoms with van der Waals surface area (Å²) in [6.45, 7) is 3.90. The molecule has 4 rings (SSSR count). The van der Waals surface area contributed by atoms with Gasteiger partial charge in [-0.1, -0.05) is 48.4 Å². The third kappa shape index (κ3) is 3.40. The first-order valence-corrected chi connectivity index (χ1v) is 9.72. The average Bonchev–Trinajstić information content (AvgIpc) is 3.28. The molecule has 1 fully saturated rings. The fourth-order valence-corrected chi connectivity index (χ4v) is 3.64. The van der Waals surface area contributed by atoms with E-state index in [4.69, 9.17) is 16.0 Å². The van der Waals surface area contributed by atoms with E-state index < -0.39 is 11.6 Å². The first-order valence-electron chi connectivity index (χ1n) is 9.34. The fourth-order valence-electron chi connectivity index (χ4n) is 3.51. The van der Waals surface area contributed by atoms with Crippen molar-refractivity contribution in [1.82, 2.24) is 15.2 Å². The van der Waals surface area contributed by atoms with Crippen LogP contribution in [0.3, 0.4) is 0 Å². The molecular formula is C22H20ClN3O3. The number of urea groups is 1. The van der Waals surface area contributed by atoms with Gasteiger partial charge in [-0.3, -0.25) is 9.69 Å². The van der Waals surface area contributed by atoms with Gasteiger partial charge < -0.3 is 9.73 Å². The lowest BCUT2D eigenvalue weighted by molar-refractivity contribution is -0.132. The van der Waals surface area contributed by atoms with Crippen molar-refractivity contribution in [2.24, 2.45) is 0 Å². The second-order valence-corrected chi connectivity index (χ2v) is 7.53. The Hall–Kier alpha value is -3.12. The molecule has 0 aliphatic carbocycles. The fraction of sp³-hybridized carbons (Fsp3) is 0.227. The maximum Gasteiger partial charge on any atom is 0.325 e. The second-order valence-electron chi connectivity index (χ2n) is 7.10. The largest absolute Gasteiger partial charge is 0.444 e. The van der Waals surface area contributed by atoms with Crippen molar-refractivity contribution in [1.29, 1.82) is 0 Å². The number of nitrogens with one attached hydrogen (secondary N) is 1. The van der Waals surface area contributed by atoms with Gasteiger partial charge in [0.2, 0.25) is 5.89 Å². The number of nitrogens with zero attached hydrogens (tertiary/aromatic N) is 2. The monoisotopic (exact) mass is 409 g/mol. The van der Waals surface area contributed by atoms with Crippen LogP contribution >= 0.6 is 11.6 Å². The Balaban J connectivity index is 1.58. The van der Waals surface area contributed by atoms with Crippen molar-refractivity contribution >= 4 is 23.5 Å². The Bertz CT molecular complexity index is 1060. The van der Waals surface area contributed by atoms with Crippen molar-refractivity contribution in [2.45, 2.75) is 32.4 Å². The Morgan fingerprint density at radius 3 is 2.45 bits per heavy atom. The summed E-state index contributed by atoms with van der Waals surface area (Å²) >= 11 is 5.97. The molecular weight excluding hydrogens is 390 g/mol. The lowest BCUT2D eigenvalue weighted by Gasteiger charge is -2.25. The molecule has 0 spiro atoms. The number of hydrogen-bond acceptors (Lipinski definition) is 4. The molecule has 6 nitrogen and oxygen atoms in total. The van der Waals surface area contributed by atoms with Crippen molar-refractivity contribution in [2.75, 3.05) is 0 Å². The SMILES string of the molecule is CCC1(c2ccc(Cl)cc2)NC(=O)N(Cc2coc(-c3ccc(C)cc3)n2)C1=O. The van der Waals surface area contributed by atoms with Crippen molar-refractivity contribution in [3.05, 3.63) is 76.6 Å². The Morgan fingerprint density at radius 1 is 1.10 bits per heavy atom. The maximum absolute atomic E-state index is 13.2. The molecule has 148 valence electrons. The van der Waals surface area contributed by atoms with Gasteiger partial charge in [-0.05, 0) is 43.2 Å². The van der Waals surface area contributed by atoms with E-state index in [9.17, 15) is 9.59 Å². The zero-order chi connectivity index (χ0) is 20.6. The minimum atomic E-state index is -1.11. The summed E-state index contributed by atoms with van der Waals surface area (Å²) in [7, 11) is 0. The van der Waals surface area contributed by atoms with Gasteiger partial charge in [-0.15, -0.1) is 0 Å². The van der Waals surface area contributed by atoms with Crippen LogP contribution in [0.5, 0.6) is 0 Å². The minimum Gasteiger partial charge on any atom is -0.444 e. The Morgan fingerprint density at radius 2 is 1.79 bits per heavy atom. The molecule has 1 aliphatic rings. The smallest absolute Gasteiger partial charge is 0.325 e. The first-order chi connectivity index (χ1) is 13.9. The summed E-state index contributed by atoms with van der Waals surface area (Å²) < 4.78 is 5.55. The van der Waals surface area contributed by atoms with Crippen molar-refractivity contribution in [3.8, 4) is 11.5 Å². The van der Waals surface area contributed by atoms with Gasteiger partial charge in [0.25, 0.3) is 5.91 Å². The van der Waals surface area contributed by atoms with Crippen LogP contribution in [0, 0.1) is 6.92 Å². The molecule has 1 aromatic heterocycles. The van der Waals surface area contributed by atoms with Crippen LogP contribution < -0.4 is 5.32 Å². The number of amides is 3. The number of imide groups is 1. The number of hydrogen-bond donors (Lipinski definition) is 1. The predicted molar refractivity (Wildman–Crippen MR) is 109 cm³/mol. The molecule has 3 aromatic rings. The number of benzene rings is 2. The number of rotatable bonds is 5. The highest BCUT2D eigenvalue weighted by Gasteiger charge is 2.51.